The minimum absolute atomic E-state index is 0.00749. The lowest BCUT2D eigenvalue weighted by molar-refractivity contribution is 0.181. The normalized spacial score (nSPS) is 17.7. The van der Waals surface area contributed by atoms with Crippen LogP contribution in [-0.4, -0.2) is 15.5 Å². The Morgan fingerprint density at radius 3 is 2.80 bits per heavy atom. The molecule has 0 unspecified atom stereocenters. The molecule has 1 aliphatic carbocycles. The fraction of sp³-hybridized carbons (Fsp3) is 0.400. The number of benzene rings is 1. The first kappa shape index (κ1) is 19.4. The van der Waals surface area contributed by atoms with Crippen LogP contribution in [-0.2, 0) is 19.4 Å². The van der Waals surface area contributed by atoms with Gasteiger partial charge in [0.1, 0.15) is 5.00 Å². The SMILES string of the molecule is CC[C@@H]1c2cccn2-c2sc3c(c2CN1C(=O)Nc1cccc(C)c1C)CCCC3. The fourth-order valence-electron chi connectivity index (χ4n) is 4.98. The first-order valence-electron chi connectivity index (χ1n) is 11.0. The molecular formula is C25H29N3OS. The van der Waals surface area contributed by atoms with Gasteiger partial charge in [-0.25, -0.2) is 4.79 Å². The molecule has 0 spiro atoms. The molecule has 3 heterocycles. The van der Waals surface area contributed by atoms with Crippen LogP contribution in [0.4, 0.5) is 10.5 Å². The Hall–Kier alpha value is -2.53. The number of thiophene rings is 1. The predicted octanol–water partition coefficient (Wildman–Crippen LogP) is 6.53. The third-order valence-electron chi connectivity index (χ3n) is 6.80. The Balaban J connectivity index is 1.57. The third kappa shape index (κ3) is 3.07. The summed E-state index contributed by atoms with van der Waals surface area (Å²) < 4.78 is 2.34. The standard InChI is InChI=1S/C25H29N3OS/c1-4-21-22-12-8-14-27(22)24-19(18-10-5-6-13-23(18)30-24)15-28(21)25(29)26-20-11-7-9-16(2)17(20)3/h7-9,11-12,14,21H,4-6,10,13,15H2,1-3H3,(H,26,29)/t21-/m1/s1. The molecule has 2 aliphatic rings. The summed E-state index contributed by atoms with van der Waals surface area (Å²) in [6, 6.07) is 10.4. The van der Waals surface area contributed by atoms with Crippen molar-refractivity contribution in [3.05, 3.63) is 69.4 Å². The molecular weight excluding hydrogens is 390 g/mol. The number of carbonyl (C=O) groups excluding carboxylic acids is 1. The second-order valence-corrected chi connectivity index (χ2v) is 9.61. The van der Waals surface area contributed by atoms with Crippen molar-refractivity contribution in [2.45, 2.75) is 65.5 Å². The van der Waals surface area contributed by atoms with Gasteiger partial charge in [-0.2, -0.15) is 0 Å². The maximum absolute atomic E-state index is 13.6. The molecule has 5 heteroatoms. The number of rotatable bonds is 2. The second-order valence-electron chi connectivity index (χ2n) is 8.53. The van der Waals surface area contributed by atoms with E-state index in [-0.39, 0.29) is 12.1 Å². The Morgan fingerprint density at radius 2 is 1.97 bits per heavy atom. The van der Waals surface area contributed by atoms with Gasteiger partial charge in [0.05, 0.1) is 12.6 Å². The molecule has 0 saturated carbocycles. The summed E-state index contributed by atoms with van der Waals surface area (Å²) in [6.45, 7) is 7.01. The van der Waals surface area contributed by atoms with E-state index in [4.69, 9.17) is 0 Å². The Kier molecular flexibility index (Phi) is 4.94. The van der Waals surface area contributed by atoms with Gasteiger partial charge in [0.25, 0.3) is 0 Å². The highest BCUT2D eigenvalue weighted by Crippen LogP contribution is 2.43. The first-order valence-corrected chi connectivity index (χ1v) is 11.8. The molecule has 0 bridgehead atoms. The minimum atomic E-state index is -0.00749. The van der Waals surface area contributed by atoms with Gasteiger partial charge in [-0.3, -0.25) is 0 Å². The summed E-state index contributed by atoms with van der Waals surface area (Å²) in [7, 11) is 0. The Labute approximate surface area is 182 Å². The third-order valence-corrected chi connectivity index (χ3v) is 8.13. The summed E-state index contributed by atoms with van der Waals surface area (Å²) in [5.41, 5.74) is 7.30. The molecule has 3 aromatic rings. The van der Waals surface area contributed by atoms with E-state index in [1.165, 1.54) is 51.5 Å². The van der Waals surface area contributed by atoms with E-state index < -0.39 is 0 Å². The van der Waals surface area contributed by atoms with Crippen molar-refractivity contribution in [3.63, 3.8) is 0 Å². The maximum Gasteiger partial charge on any atom is 0.322 e. The summed E-state index contributed by atoms with van der Waals surface area (Å²) in [5.74, 6) is 0. The van der Waals surface area contributed by atoms with E-state index in [2.05, 4.69) is 60.0 Å². The van der Waals surface area contributed by atoms with E-state index in [0.29, 0.717) is 6.54 Å². The summed E-state index contributed by atoms with van der Waals surface area (Å²) >= 11 is 1.94. The summed E-state index contributed by atoms with van der Waals surface area (Å²) in [5, 5.41) is 4.54. The largest absolute Gasteiger partial charge is 0.322 e. The highest BCUT2D eigenvalue weighted by molar-refractivity contribution is 7.15. The number of carbonyl (C=O) groups is 1. The number of amides is 2. The quantitative estimate of drug-likeness (QED) is 0.503. The van der Waals surface area contributed by atoms with Crippen LogP contribution < -0.4 is 5.32 Å². The van der Waals surface area contributed by atoms with Crippen molar-refractivity contribution in [2.24, 2.45) is 0 Å². The van der Waals surface area contributed by atoms with Crippen molar-refractivity contribution in [1.82, 2.24) is 9.47 Å². The van der Waals surface area contributed by atoms with Crippen molar-refractivity contribution >= 4 is 23.1 Å². The van der Waals surface area contributed by atoms with E-state index >= 15 is 0 Å². The van der Waals surface area contributed by atoms with Gasteiger partial charge in [-0.05, 0) is 80.8 Å². The summed E-state index contributed by atoms with van der Waals surface area (Å²) in [6.07, 6.45) is 7.91. The molecule has 0 radical (unpaired) electrons. The zero-order valence-electron chi connectivity index (χ0n) is 18.0. The van der Waals surface area contributed by atoms with Crippen LogP contribution in [0.15, 0.2) is 36.5 Å². The van der Waals surface area contributed by atoms with Crippen molar-refractivity contribution in [2.75, 3.05) is 5.32 Å². The predicted molar refractivity (Wildman–Crippen MR) is 124 cm³/mol. The number of aromatic nitrogens is 1. The van der Waals surface area contributed by atoms with Crippen LogP contribution in [0.1, 0.15) is 65.1 Å². The van der Waals surface area contributed by atoms with Gasteiger partial charge in [0.2, 0.25) is 0 Å². The number of aryl methyl sites for hydroxylation is 2. The van der Waals surface area contributed by atoms with Crippen LogP contribution in [0.3, 0.4) is 0 Å². The number of hydrogen-bond acceptors (Lipinski definition) is 2. The van der Waals surface area contributed by atoms with Gasteiger partial charge in [-0.15, -0.1) is 11.3 Å². The average molecular weight is 420 g/mol. The second kappa shape index (κ2) is 7.62. The van der Waals surface area contributed by atoms with Gasteiger partial charge >= 0.3 is 6.03 Å². The minimum Gasteiger partial charge on any atom is -0.312 e. The number of hydrogen-bond donors (Lipinski definition) is 1. The molecule has 2 aromatic heterocycles. The van der Waals surface area contributed by atoms with Gasteiger partial charge in [0.15, 0.2) is 0 Å². The monoisotopic (exact) mass is 419 g/mol. The lowest BCUT2D eigenvalue weighted by atomic mass is 9.95. The van der Waals surface area contributed by atoms with Crippen LogP contribution in [0.25, 0.3) is 5.00 Å². The van der Waals surface area contributed by atoms with Crippen molar-refractivity contribution in [1.29, 1.82) is 0 Å². The highest BCUT2D eigenvalue weighted by atomic mass is 32.1. The zero-order chi connectivity index (χ0) is 20.8. The molecule has 0 saturated heterocycles. The van der Waals surface area contributed by atoms with Gasteiger partial charge in [-0.1, -0.05) is 19.1 Å². The molecule has 1 atom stereocenters. The number of anilines is 1. The zero-order valence-corrected chi connectivity index (χ0v) is 18.8. The number of urea groups is 1. The smallest absolute Gasteiger partial charge is 0.312 e. The van der Waals surface area contributed by atoms with E-state index in [0.717, 1.165) is 24.1 Å². The molecule has 0 fully saturated rings. The molecule has 2 amide bonds. The number of nitrogens with one attached hydrogen (secondary N) is 1. The molecule has 5 rings (SSSR count). The van der Waals surface area contributed by atoms with Gasteiger partial charge in [0, 0.05) is 28.0 Å². The fourth-order valence-corrected chi connectivity index (χ4v) is 6.39. The van der Waals surface area contributed by atoms with E-state index in [9.17, 15) is 4.79 Å². The molecule has 1 aromatic carbocycles. The molecule has 156 valence electrons. The topological polar surface area (TPSA) is 37.3 Å². The lowest BCUT2D eigenvalue weighted by Gasteiger charge is -2.30. The van der Waals surface area contributed by atoms with Crippen molar-refractivity contribution < 1.29 is 4.79 Å². The Bertz CT molecular complexity index is 1110. The van der Waals surface area contributed by atoms with Crippen LogP contribution in [0.2, 0.25) is 0 Å². The lowest BCUT2D eigenvalue weighted by Crippen LogP contribution is -2.37. The molecule has 4 nitrogen and oxygen atoms in total. The van der Waals surface area contributed by atoms with E-state index in [1.807, 2.05) is 23.5 Å². The van der Waals surface area contributed by atoms with E-state index in [1.54, 1.807) is 0 Å². The van der Waals surface area contributed by atoms with Crippen LogP contribution in [0, 0.1) is 13.8 Å². The number of nitrogens with zero attached hydrogens (tertiary/aromatic N) is 2. The van der Waals surface area contributed by atoms with Gasteiger partial charge < -0.3 is 14.8 Å². The first-order chi connectivity index (χ1) is 14.6. The van der Waals surface area contributed by atoms with Crippen LogP contribution >= 0.6 is 11.3 Å². The average Bonchev–Trinajstić information content (AvgIpc) is 3.33. The van der Waals surface area contributed by atoms with Crippen LogP contribution in [0.5, 0.6) is 0 Å². The summed E-state index contributed by atoms with van der Waals surface area (Å²) in [4.78, 5) is 17.2. The molecule has 30 heavy (non-hydrogen) atoms. The molecule has 1 N–H and O–H groups in total. The van der Waals surface area contributed by atoms with Crippen molar-refractivity contribution in [3.8, 4) is 5.00 Å². The highest BCUT2D eigenvalue weighted by Gasteiger charge is 2.34. The Morgan fingerprint density at radius 1 is 1.13 bits per heavy atom. The maximum atomic E-state index is 13.6. The molecule has 1 aliphatic heterocycles. The number of fused-ring (bicyclic) bond motifs is 5.